The zero-order valence-corrected chi connectivity index (χ0v) is 12.5. The summed E-state index contributed by atoms with van der Waals surface area (Å²) in [6, 6.07) is 4.23. The highest BCUT2D eigenvalue weighted by molar-refractivity contribution is 6.01. The summed E-state index contributed by atoms with van der Waals surface area (Å²) in [5, 5.41) is 49.7. The molecule has 1 heterocycles. The Morgan fingerprint density at radius 3 is 2.25 bits per heavy atom. The average molecular weight is 334 g/mol. The van der Waals surface area contributed by atoms with Gasteiger partial charge in [0, 0.05) is 11.6 Å². The highest BCUT2D eigenvalue weighted by atomic mass is 16.6. The highest BCUT2D eigenvalue weighted by Gasteiger charge is 2.43. The third kappa shape index (κ3) is 2.33. The number of hydrogen-bond donors (Lipinski definition) is 5. The predicted molar refractivity (Wildman–Crippen MR) is 79.6 cm³/mol. The number of ether oxygens (including phenoxy) is 2. The number of carbonyl (C=O) groups is 1. The van der Waals surface area contributed by atoms with Crippen molar-refractivity contribution in [3.8, 4) is 34.5 Å². The van der Waals surface area contributed by atoms with Crippen molar-refractivity contribution in [3.63, 3.8) is 0 Å². The van der Waals surface area contributed by atoms with Gasteiger partial charge < -0.3 is 35.0 Å². The van der Waals surface area contributed by atoms with Gasteiger partial charge in [0.1, 0.15) is 5.75 Å². The number of benzene rings is 2. The number of rotatable bonds is 2. The van der Waals surface area contributed by atoms with Crippen LogP contribution in [0.15, 0.2) is 24.3 Å². The molecule has 2 aromatic carbocycles. The van der Waals surface area contributed by atoms with Crippen molar-refractivity contribution in [1.82, 2.24) is 0 Å². The molecular weight excluding hydrogens is 320 g/mol. The van der Waals surface area contributed by atoms with Crippen LogP contribution in [0, 0.1) is 0 Å². The van der Waals surface area contributed by atoms with Gasteiger partial charge in [0.2, 0.25) is 11.5 Å². The summed E-state index contributed by atoms with van der Waals surface area (Å²) in [6.45, 7) is 0. The van der Waals surface area contributed by atoms with Gasteiger partial charge in [0.15, 0.2) is 28.8 Å². The Bertz CT molecular complexity index is 821. The van der Waals surface area contributed by atoms with Crippen molar-refractivity contribution in [1.29, 1.82) is 0 Å². The van der Waals surface area contributed by atoms with Gasteiger partial charge in [-0.2, -0.15) is 0 Å². The number of phenolic OH excluding ortho intramolecular Hbond substituents is 4. The Labute approximate surface area is 135 Å². The minimum atomic E-state index is -2.22. The number of methoxy groups -OCH3 is 1. The van der Waals surface area contributed by atoms with E-state index in [-0.39, 0.29) is 28.4 Å². The maximum absolute atomic E-state index is 12.3. The molecule has 0 bridgehead atoms. The van der Waals surface area contributed by atoms with Gasteiger partial charge >= 0.3 is 0 Å². The van der Waals surface area contributed by atoms with E-state index in [4.69, 9.17) is 9.47 Å². The molecule has 5 N–H and O–H groups in total. The van der Waals surface area contributed by atoms with E-state index in [2.05, 4.69) is 0 Å². The lowest BCUT2D eigenvalue weighted by atomic mass is 9.92. The van der Waals surface area contributed by atoms with Gasteiger partial charge in [0.05, 0.1) is 19.1 Å². The molecule has 8 heteroatoms. The number of hydrogen-bond acceptors (Lipinski definition) is 8. The Balaban J connectivity index is 2.11. The molecule has 0 fully saturated rings. The standard InChI is InChI=1S/C16H14O8/c1-23-15-10(18)2-7(3-11(15)19)16(22)6-13(21)9-4-8(17)5-12(20)14(9)24-16/h2-5,17-20,22H,6H2,1H3/t16-/m1/s1. The molecule has 1 aliphatic heterocycles. The second-order valence-electron chi connectivity index (χ2n) is 5.38. The molecule has 126 valence electrons. The second-order valence-corrected chi connectivity index (χ2v) is 5.38. The minimum absolute atomic E-state index is 0.0841. The molecule has 24 heavy (non-hydrogen) atoms. The molecule has 3 rings (SSSR count). The number of phenols is 4. The Kier molecular flexibility index (Phi) is 3.42. The lowest BCUT2D eigenvalue weighted by Gasteiger charge is -2.34. The van der Waals surface area contributed by atoms with Crippen LogP contribution < -0.4 is 9.47 Å². The summed E-state index contributed by atoms with van der Waals surface area (Å²) in [6.07, 6.45) is -0.548. The quantitative estimate of drug-likeness (QED) is 0.555. The molecular formula is C16H14O8. The summed E-state index contributed by atoms with van der Waals surface area (Å²) >= 11 is 0. The molecule has 1 aliphatic rings. The number of aromatic hydroxyl groups is 4. The number of fused-ring (bicyclic) bond motifs is 1. The maximum Gasteiger partial charge on any atom is 0.242 e. The first-order chi connectivity index (χ1) is 11.2. The van der Waals surface area contributed by atoms with Crippen LogP contribution >= 0.6 is 0 Å². The molecule has 1 atom stereocenters. The van der Waals surface area contributed by atoms with E-state index < -0.39 is 35.2 Å². The van der Waals surface area contributed by atoms with E-state index in [0.717, 1.165) is 24.3 Å². The third-order valence-electron chi connectivity index (χ3n) is 3.73. The first-order valence-electron chi connectivity index (χ1n) is 6.86. The highest BCUT2D eigenvalue weighted by Crippen LogP contribution is 2.47. The van der Waals surface area contributed by atoms with E-state index >= 15 is 0 Å². The fourth-order valence-electron chi connectivity index (χ4n) is 2.63. The topological polar surface area (TPSA) is 137 Å². The number of carbonyl (C=O) groups excluding carboxylic acids is 1. The average Bonchev–Trinajstić information content (AvgIpc) is 2.48. The van der Waals surface area contributed by atoms with Crippen LogP contribution in [-0.2, 0) is 5.79 Å². The number of Topliss-reactive ketones (excluding diaryl/α,β-unsaturated/α-hetero) is 1. The summed E-state index contributed by atoms with van der Waals surface area (Å²) in [7, 11) is 1.24. The fraction of sp³-hybridized carbons (Fsp3) is 0.188. The molecule has 0 aliphatic carbocycles. The molecule has 0 aromatic heterocycles. The smallest absolute Gasteiger partial charge is 0.242 e. The Morgan fingerprint density at radius 1 is 1.04 bits per heavy atom. The van der Waals surface area contributed by atoms with Crippen LogP contribution in [0.25, 0.3) is 0 Å². The van der Waals surface area contributed by atoms with Crippen molar-refractivity contribution in [3.05, 3.63) is 35.4 Å². The number of aliphatic hydroxyl groups is 1. The van der Waals surface area contributed by atoms with E-state index in [1.54, 1.807) is 0 Å². The van der Waals surface area contributed by atoms with Gasteiger partial charge in [-0.25, -0.2) is 0 Å². The van der Waals surface area contributed by atoms with Crippen molar-refractivity contribution in [2.75, 3.05) is 7.11 Å². The fourth-order valence-corrected chi connectivity index (χ4v) is 2.63. The third-order valence-corrected chi connectivity index (χ3v) is 3.73. The molecule has 8 nitrogen and oxygen atoms in total. The minimum Gasteiger partial charge on any atom is -0.508 e. The van der Waals surface area contributed by atoms with Gasteiger partial charge in [-0.15, -0.1) is 0 Å². The molecule has 0 saturated heterocycles. The molecule has 0 radical (unpaired) electrons. The van der Waals surface area contributed by atoms with Crippen molar-refractivity contribution in [2.24, 2.45) is 0 Å². The summed E-state index contributed by atoms with van der Waals surface area (Å²) < 4.78 is 10.2. The normalized spacial score (nSPS) is 19.5. The summed E-state index contributed by atoms with van der Waals surface area (Å²) in [4.78, 5) is 12.3. The zero-order valence-electron chi connectivity index (χ0n) is 12.5. The van der Waals surface area contributed by atoms with Crippen molar-refractivity contribution >= 4 is 5.78 Å². The zero-order chi connectivity index (χ0) is 17.6. The molecule has 0 unspecified atom stereocenters. The first kappa shape index (κ1) is 15.8. The monoisotopic (exact) mass is 334 g/mol. The summed E-state index contributed by atoms with van der Waals surface area (Å²) in [5.74, 6) is -5.10. The lowest BCUT2D eigenvalue weighted by molar-refractivity contribution is -0.148. The van der Waals surface area contributed by atoms with E-state index in [9.17, 15) is 30.3 Å². The molecule has 0 saturated carbocycles. The van der Waals surface area contributed by atoms with Crippen LogP contribution in [-0.4, -0.2) is 38.4 Å². The SMILES string of the molecule is COc1c(O)cc([C@@]2(O)CC(=O)c3cc(O)cc(O)c3O2)cc1O. The predicted octanol–water partition coefficient (Wildman–Crippen LogP) is 1.33. The molecule has 0 spiro atoms. The Morgan fingerprint density at radius 2 is 1.67 bits per heavy atom. The van der Waals surface area contributed by atoms with Crippen LogP contribution in [0.2, 0.25) is 0 Å². The number of ketones is 1. The second kappa shape index (κ2) is 5.20. The van der Waals surface area contributed by atoms with Gasteiger partial charge in [0.25, 0.3) is 0 Å². The van der Waals surface area contributed by atoms with Gasteiger partial charge in [-0.05, 0) is 18.2 Å². The van der Waals surface area contributed by atoms with Crippen LogP contribution in [0.1, 0.15) is 22.3 Å². The van der Waals surface area contributed by atoms with E-state index in [1.807, 2.05) is 0 Å². The maximum atomic E-state index is 12.3. The first-order valence-corrected chi connectivity index (χ1v) is 6.86. The van der Waals surface area contributed by atoms with Gasteiger partial charge in [-0.1, -0.05) is 0 Å². The molecule has 0 amide bonds. The van der Waals surface area contributed by atoms with Gasteiger partial charge in [-0.3, -0.25) is 4.79 Å². The largest absolute Gasteiger partial charge is 0.508 e. The molecule has 2 aromatic rings. The lowest BCUT2D eigenvalue weighted by Crippen LogP contribution is -2.39. The van der Waals surface area contributed by atoms with Crippen LogP contribution in [0.4, 0.5) is 0 Å². The van der Waals surface area contributed by atoms with E-state index in [0.29, 0.717) is 0 Å². The van der Waals surface area contributed by atoms with Crippen LogP contribution in [0.3, 0.4) is 0 Å². The van der Waals surface area contributed by atoms with Crippen molar-refractivity contribution < 1.29 is 39.8 Å². The summed E-state index contributed by atoms with van der Waals surface area (Å²) in [5.41, 5.74) is -0.191. The van der Waals surface area contributed by atoms with Crippen LogP contribution in [0.5, 0.6) is 34.5 Å². The van der Waals surface area contributed by atoms with Crippen molar-refractivity contribution in [2.45, 2.75) is 12.2 Å². The van der Waals surface area contributed by atoms with E-state index in [1.165, 1.54) is 7.11 Å². The Hall–Kier alpha value is -3.13.